The molecule has 11 heteroatoms. The van der Waals surface area contributed by atoms with Crippen LogP contribution in [0.15, 0.2) is 42.5 Å². The minimum atomic E-state index is -1.59. The summed E-state index contributed by atoms with van der Waals surface area (Å²) in [7, 11) is -1.59. The molecule has 0 bridgehead atoms. The molecule has 10 nitrogen and oxygen atoms in total. The molecule has 0 spiro atoms. The van der Waals surface area contributed by atoms with E-state index in [2.05, 4.69) is 24.5 Å². The summed E-state index contributed by atoms with van der Waals surface area (Å²) in [6.45, 7) is 11.0. The number of fused-ring (bicyclic) bond motifs is 1. The molecule has 0 radical (unpaired) electrons. The smallest absolute Gasteiger partial charge is 0.465 e. The SMILES string of the molecule is CCCCCCCCC.Cc1cccc(C)c1CNCC(=O)N1CCCC1C(=O)NCB(O)O.O=C(O)N1Cc2ccccc2C1. The molecule has 1 atom stereocenters. The van der Waals surface area contributed by atoms with Crippen LogP contribution in [0.2, 0.25) is 0 Å². The largest absolute Gasteiger partial charge is 0.472 e. The highest BCUT2D eigenvalue weighted by Gasteiger charge is 2.34. The predicted octanol–water partition coefficient (Wildman–Crippen LogP) is 4.95. The quantitative estimate of drug-likeness (QED) is 0.154. The highest BCUT2D eigenvalue weighted by molar-refractivity contribution is 6.41. The molecule has 0 aliphatic carbocycles. The standard InChI is InChI=1S/C17H26BN3O4.C9H9NO2.C9H20/c1-12-5-3-6-13(2)14(12)9-19-10-16(22)21-8-4-7-15(21)17(23)20-11-18(24)25;11-9(12)10-5-7-3-1-2-4-8(7)6-10;1-3-5-7-9-8-6-4-2/h3,5-6,15,19,24-25H,4,7-11H2,1-2H3,(H,20,23);1-4H,5-6H2,(H,11,12);3-9H2,1-2H3. The summed E-state index contributed by atoms with van der Waals surface area (Å²) < 4.78 is 0. The Morgan fingerprint density at radius 3 is 1.96 bits per heavy atom. The van der Waals surface area contributed by atoms with Gasteiger partial charge < -0.3 is 30.7 Å². The van der Waals surface area contributed by atoms with Gasteiger partial charge in [-0.1, -0.05) is 101 Å². The third-order valence-electron chi connectivity index (χ3n) is 8.38. The summed E-state index contributed by atoms with van der Waals surface area (Å²) >= 11 is 0. The van der Waals surface area contributed by atoms with Gasteiger partial charge in [-0.3, -0.25) is 14.5 Å². The fourth-order valence-corrected chi connectivity index (χ4v) is 5.67. The summed E-state index contributed by atoms with van der Waals surface area (Å²) in [5.74, 6) is -0.456. The number of benzene rings is 2. The Labute approximate surface area is 275 Å². The van der Waals surface area contributed by atoms with Crippen LogP contribution in [0.25, 0.3) is 0 Å². The minimum Gasteiger partial charge on any atom is -0.465 e. The van der Waals surface area contributed by atoms with Gasteiger partial charge in [0.25, 0.3) is 0 Å². The molecule has 254 valence electrons. The number of hydrogen-bond donors (Lipinski definition) is 5. The molecule has 2 heterocycles. The van der Waals surface area contributed by atoms with Gasteiger partial charge in [0.15, 0.2) is 0 Å². The molecule has 1 saturated heterocycles. The third-order valence-corrected chi connectivity index (χ3v) is 8.38. The normalized spacial score (nSPS) is 14.9. The van der Waals surface area contributed by atoms with Crippen LogP contribution in [-0.4, -0.2) is 75.6 Å². The molecule has 46 heavy (non-hydrogen) atoms. The van der Waals surface area contributed by atoms with Gasteiger partial charge in [0.1, 0.15) is 6.04 Å². The molecule has 5 N–H and O–H groups in total. The Hall–Kier alpha value is -3.41. The molecule has 0 aromatic heterocycles. The number of aryl methyl sites for hydroxylation is 2. The zero-order chi connectivity index (χ0) is 33.9. The first-order valence-electron chi connectivity index (χ1n) is 16.8. The van der Waals surface area contributed by atoms with Gasteiger partial charge in [-0.2, -0.15) is 0 Å². The molecule has 1 unspecified atom stereocenters. The van der Waals surface area contributed by atoms with Gasteiger partial charge in [0, 0.05) is 26.2 Å². The van der Waals surface area contributed by atoms with Crippen LogP contribution in [-0.2, 0) is 29.2 Å². The third kappa shape index (κ3) is 13.5. The summed E-state index contributed by atoms with van der Waals surface area (Å²) in [5.41, 5.74) is 5.80. The lowest BCUT2D eigenvalue weighted by Gasteiger charge is -2.24. The van der Waals surface area contributed by atoms with Crippen molar-refractivity contribution >= 4 is 25.0 Å². The topological polar surface area (TPSA) is 142 Å². The van der Waals surface area contributed by atoms with Crippen molar-refractivity contribution in [1.29, 1.82) is 0 Å². The lowest BCUT2D eigenvalue weighted by Crippen LogP contribution is -2.50. The Bertz CT molecular complexity index is 1180. The molecule has 2 aliphatic heterocycles. The summed E-state index contributed by atoms with van der Waals surface area (Å²) in [6.07, 6.45) is 10.3. The number of likely N-dealkylation sites (tertiary alicyclic amines) is 1. The van der Waals surface area contributed by atoms with Crippen molar-refractivity contribution in [2.75, 3.05) is 19.5 Å². The number of nitrogens with one attached hydrogen (secondary N) is 2. The number of hydrogen-bond acceptors (Lipinski definition) is 6. The summed E-state index contributed by atoms with van der Waals surface area (Å²) in [5, 5.41) is 32.0. The van der Waals surface area contributed by atoms with E-state index in [1.807, 2.05) is 56.3 Å². The number of rotatable bonds is 13. The fraction of sp³-hybridized carbons (Fsp3) is 0.571. The van der Waals surface area contributed by atoms with Gasteiger partial charge in [-0.25, -0.2) is 4.79 Å². The number of carbonyl (C=O) groups is 3. The minimum absolute atomic E-state index is 0.117. The highest BCUT2D eigenvalue weighted by atomic mass is 16.4. The maximum atomic E-state index is 12.4. The van der Waals surface area contributed by atoms with Crippen molar-refractivity contribution in [2.24, 2.45) is 0 Å². The molecular formula is C35H55BN4O6. The average molecular weight is 639 g/mol. The molecule has 3 amide bonds. The van der Waals surface area contributed by atoms with Crippen LogP contribution < -0.4 is 10.6 Å². The van der Waals surface area contributed by atoms with Crippen LogP contribution in [0, 0.1) is 13.8 Å². The first-order valence-corrected chi connectivity index (χ1v) is 16.8. The van der Waals surface area contributed by atoms with Crippen molar-refractivity contribution in [3.8, 4) is 0 Å². The van der Waals surface area contributed by atoms with Crippen molar-refractivity contribution in [1.82, 2.24) is 20.4 Å². The molecular weight excluding hydrogens is 583 g/mol. The Kier molecular flexibility index (Phi) is 18.0. The molecule has 2 aromatic carbocycles. The number of carboxylic acid groups (broad SMARTS) is 1. The van der Waals surface area contributed by atoms with Crippen LogP contribution >= 0.6 is 0 Å². The molecule has 4 rings (SSSR count). The van der Waals surface area contributed by atoms with E-state index in [9.17, 15) is 14.4 Å². The Balaban J connectivity index is 0.000000288. The molecule has 2 aliphatic rings. The number of unbranched alkanes of at least 4 members (excludes halogenated alkanes) is 6. The van der Waals surface area contributed by atoms with E-state index in [1.54, 1.807) is 4.90 Å². The predicted molar refractivity (Wildman–Crippen MR) is 183 cm³/mol. The van der Waals surface area contributed by atoms with Gasteiger partial charge in [0.2, 0.25) is 11.8 Å². The number of nitrogens with zero attached hydrogens (tertiary/aromatic N) is 2. The summed E-state index contributed by atoms with van der Waals surface area (Å²) in [6, 6.07) is 13.4. The number of amides is 3. The first kappa shape index (κ1) is 38.8. The van der Waals surface area contributed by atoms with Crippen LogP contribution in [0.5, 0.6) is 0 Å². The second kappa shape index (κ2) is 21.4. The van der Waals surface area contributed by atoms with Crippen LogP contribution in [0.4, 0.5) is 4.79 Å². The zero-order valence-electron chi connectivity index (χ0n) is 28.3. The number of carbonyl (C=O) groups excluding carboxylic acids is 2. The molecule has 1 fully saturated rings. The Morgan fingerprint density at radius 2 is 1.43 bits per heavy atom. The van der Waals surface area contributed by atoms with Gasteiger partial charge >= 0.3 is 13.2 Å². The van der Waals surface area contributed by atoms with Crippen molar-refractivity contribution in [3.05, 3.63) is 70.3 Å². The van der Waals surface area contributed by atoms with E-state index in [0.717, 1.165) is 17.5 Å². The molecule has 0 saturated carbocycles. The van der Waals surface area contributed by atoms with E-state index in [4.69, 9.17) is 15.2 Å². The van der Waals surface area contributed by atoms with Crippen molar-refractivity contribution < 1.29 is 29.5 Å². The van der Waals surface area contributed by atoms with Crippen molar-refractivity contribution in [2.45, 2.75) is 111 Å². The zero-order valence-corrected chi connectivity index (χ0v) is 28.3. The van der Waals surface area contributed by atoms with Gasteiger partial charge in [-0.15, -0.1) is 0 Å². The molecule has 2 aromatic rings. The second-order valence-corrected chi connectivity index (χ2v) is 12.1. The van der Waals surface area contributed by atoms with E-state index in [1.165, 1.54) is 66.5 Å². The van der Waals surface area contributed by atoms with E-state index in [0.29, 0.717) is 32.6 Å². The van der Waals surface area contributed by atoms with E-state index >= 15 is 0 Å². The highest BCUT2D eigenvalue weighted by Crippen LogP contribution is 2.22. The van der Waals surface area contributed by atoms with Crippen LogP contribution in [0.3, 0.4) is 0 Å². The van der Waals surface area contributed by atoms with Gasteiger partial charge in [0.05, 0.1) is 13.0 Å². The van der Waals surface area contributed by atoms with Gasteiger partial charge in [-0.05, 0) is 54.5 Å². The first-order chi connectivity index (χ1) is 22.1. The lowest BCUT2D eigenvalue weighted by molar-refractivity contribution is -0.137. The fourth-order valence-electron chi connectivity index (χ4n) is 5.67. The maximum Gasteiger partial charge on any atom is 0.472 e. The van der Waals surface area contributed by atoms with E-state index in [-0.39, 0.29) is 24.8 Å². The van der Waals surface area contributed by atoms with Crippen molar-refractivity contribution in [3.63, 3.8) is 0 Å². The Morgan fingerprint density at radius 1 is 0.870 bits per heavy atom. The van der Waals surface area contributed by atoms with Crippen LogP contribution in [0.1, 0.15) is 99.5 Å². The maximum absolute atomic E-state index is 12.4. The average Bonchev–Trinajstić information content (AvgIpc) is 3.70. The second-order valence-electron chi connectivity index (χ2n) is 12.1. The van der Waals surface area contributed by atoms with E-state index < -0.39 is 19.3 Å². The monoisotopic (exact) mass is 638 g/mol. The summed E-state index contributed by atoms with van der Waals surface area (Å²) in [4.78, 5) is 38.1. The lowest BCUT2D eigenvalue weighted by atomic mass is 9.92.